The molecule has 2 heterocycles. The van der Waals surface area contributed by atoms with E-state index in [1.165, 1.54) is 4.31 Å². The van der Waals surface area contributed by atoms with Crippen LogP contribution < -0.4 is 0 Å². The highest BCUT2D eigenvalue weighted by Gasteiger charge is 2.31. The van der Waals surface area contributed by atoms with Crippen LogP contribution >= 0.6 is 15.9 Å². The van der Waals surface area contributed by atoms with E-state index in [1.807, 2.05) is 31.2 Å². The fourth-order valence-electron chi connectivity index (χ4n) is 2.89. The van der Waals surface area contributed by atoms with Crippen molar-refractivity contribution in [2.45, 2.75) is 25.3 Å². The maximum absolute atomic E-state index is 13.0. The molecule has 1 fully saturated rings. The van der Waals surface area contributed by atoms with E-state index in [1.54, 1.807) is 11.6 Å². The van der Waals surface area contributed by atoms with Gasteiger partial charge >= 0.3 is 0 Å². The van der Waals surface area contributed by atoms with Crippen LogP contribution in [0, 0.1) is 13.8 Å². The molecule has 0 N–H and O–H groups in total. The number of hydrogen-bond donors (Lipinski definition) is 0. The lowest BCUT2D eigenvalue weighted by Crippen LogP contribution is -2.41. The predicted molar refractivity (Wildman–Crippen MR) is 94.5 cm³/mol. The maximum atomic E-state index is 13.0. The van der Waals surface area contributed by atoms with Crippen molar-refractivity contribution in [1.82, 2.24) is 14.1 Å². The van der Waals surface area contributed by atoms with Crippen molar-refractivity contribution in [3.8, 4) is 0 Å². The maximum Gasteiger partial charge on any atom is 0.246 e. The molecule has 1 aliphatic rings. The first-order chi connectivity index (χ1) is 11.4. The molecule has 1 aliphatic heterocycles. The molecule has 0 bridgehead atoms. The molecule has 2 aromatic rings. The number of aryl methyl sites for hydroxylation is 1. The number of hydrogen-bond acceptors (Lipinski definition) is 4. The molecule has 130 valence electrons. The van der Waals surface area contributed by atoms with Crippen LogP contribution in [0.25, 0.3) is 0 Å². The van der Waals surface area contributed by atoms with Crippen LogP contribution in [-0.4, -0.2) is 48.8 Å². The van der Waals surface area contributed by atoms with Gasteiger partial charge in [-0.05, 0) is 31.5 Å². The van der Waals surface area contributed by atoms with Gasteiger partial charge in [-0.1, -0.05) is 28.1 Å². The Balaban J connectivity index is 1.92. The van der Waals surface area contributed by atoms with Crippen molar-refractivity contribution >= 4 is 26.0 Å². The molecule has 24 heavy (non-hydrogen) atoms. The van der Waals surface area contributed by atoms with E-state index in [2.05, 4.69) is 21.0 Å². The Morgan fingerprint density at radius 1 is 1.17 bits per heavy atom. The van der Waals surface area contributed by atoms with Gasteiger partial charge in [0.25, 0.3) is 0 Å². The number of halogens is 1. The SMILES string of the molecule is Cc1nn(Cc2ccc(Br)cc2)c(C)c1S(=O)(=O)N1CCOCC1. The third kappa shape index (κ3) is 3.42. The van der Waals surface area contributed by atoms with E-state index in [9.17, 15) is 8.42 Å². The van der Waals surface area contributed by atoms with E-state index in [0.29, 0.717) is 49.1 Å². The minimum Gasteiger partial charge on any atom is -0.379 e. The van der Waals surface area contributed by atoms with Crippen molar-refractivity contribution in [2.75, 3.05) is 26.3 Å². The van der Waals surface area contributed by atoms with Gasteiger partial charge in [0.2, 0.25) is 10.0 Å². The number of rotatable bonds is 4. The smallest absolute Gasteiger partial charge is 0.246 e. The lowest BCUT2D eigenvalue weighted by atomic mass is 10.2. The standard InChI is InChI=1S/C16H20BrN3O3S/c1-12-16(24(21,22)19-7-9-23-10-8-19)13(2)20(18-12)11-14-3-5-15(17)6-4-14/h3-6H,7-11H2,1-2H3. The van der Waals surface area contributed by atoms with Gasteiger partial charge < -0.3 is 4.74 Å². The predicted octanol–water partition coefficient (Wildman–Crippen LogP) is 2.33. The van der Waals surface area contributed by atoms with Crippen LogP contribution in [0.5, 0.6) is 0 Å². The number of aromatic nitrogens is 2. The summed E-state index contributed by atoms with van der Waals surface area (Å²) in [4.78, 5) is 0.321. The summed E-state index contributed by atoms with van der Waals surface area (Å²) in [6.07, 6.45) is 0. The van der Waals surface area contributed by atoms with Crippen molar-refractivity contribution in [3.63, 3.8) is 0 Å². The van der Waals surface area contributed by atoms with E-state index in [-0.39, 0.29) is 0 Å². The third-order valence-electron chi connectivity index (χ3n) is 4.13. The van der Waals surface area contributed by atoms with Crippen molar-refractivity contribution < 1.29 is 13.2 Å². The quantitative estimate of drug-likeness (QED) is 0.771. The van der Waals surface area contributed by atoms with Gasteiger partial charge in [0.1, 0.15) is 4.90 Å². The van der Waals surface area contributed by atoms with Gasteiger partial charge in [-0.15, -0.1) is 0 Å². The highest BCUT2D eigenvalue weighted by molar-refractivity contribution is 9.10. The van der Waals surface area contributed by atoms with Gasteiger partial charge in [0.05, 0.1) is 31.1 Å². The molecular weight excluding hydrogens is 394 g/mol. The number of sulfonamides is 1. The summed E-state index contributed by atoms with van der Waals surface area (Å²) >= 11 is 3.41. The second kappa shape index (κ2) is 6.95. The molecule has 1 saturated heterocycles. The second-order valence-corrected chi connectivity index (χ2v) is 8.59. The Bertz CT molecular complexity index is 825. The fraction of sp³-hybridized carbons (Fsp3) is 0.438. The summed E-state index contributed by atoms with van der Waals surface area (Å²) in [5.41, 5.74) is 2.28. The van der Waals surface area contributed by atoms with Crippen molar-refractivity contribution in [1.29, 1.82) is 0 Å². The zero-order chi connectivity index (χ0) is 17.3. The molecule has 0 atom stereocenters. The van der Waals surface area contributed by atoms with Gasteiger partial charge in [0.15, 0.2) is 0 Å². The van der Waals surface area contributed by atoms with Gasteiger partial charge in [-0.2, -0.15) is 9.40 Å². The Hall–Kier alpha value is -1.22. The minimum atomic E-state index is -3.54. The molecular formula is C16H20BrN3O3S. The molecule has 1 aromatic carbocycles. The van der Waals surface area contributed by atoms with Crippen molar-refractivity contribution in [3.05, 3.63) is 45.7 Å². The molecule has 6 nitrogen and oxygen atoms in total. The topological polar surface area (TPSA) is 64.4 Å². The zero-order valence-electron chi connectivity index (χ0n) is 13.7. The van der Waals surface area contributed by atoms with Crippen LogP contribution in [0.1, 0.15) is 17.0 Å². The molecule has 3 rings (SSSR count). The number of benzene rings is 1. The number of ether oxygens (including phenoxy) is 1. The first-order valence-corrected chi connectivity index (χ1v) is 9.99. The normalized spacial score (nSPS) is 16.5. The van der Waals surface area contributed by atoms with Crippen LogP contribution in [0.3, 0.4) is 0 Å². The summed E-state index contributed by atoms with van der Waals surface area (Å²) in [7, 11) is -3.54. The van der Waals surface area contributed by atoms with Gasteiger partial charge in [0, 0.05) is 17.6 Å². The molecule has 0 spiro atoms. The lowest BCUT2D eigenvalue weighted by molar-refractivity contribution is 0.0730. The van der Waals surface area contributed by atoms with Crippen molar-refractivity contribution in [2.24, 2.45) is 0 Å². The average Bonchev–Trinajstić information content (AvgIpc) is 2.85. The summed E-state index contributed by atoms with van der Waals surface area (Å²) < 4.78 is 35.4. The van der Waals surface area contributed by atoms with E-state index < -0.39 is 10.0 Å². The minimum absolute atomic E-state index is 0.321. The highest BCUT2D eigenvalue weighted by atomic mass is 79.9. The zero-order valence-corrected chi connectivity index (χ0v) is 16.1. The summed E-state index contributed by atoms with van der Waals surface area (Å²) in [5.74, 6) is 0. The molecule has 0 saturated carbocycles. The number of nitrogens with zero attached hydrogens (tertiary/aromatic N) is 3. The van der Waals surface area contributed by atoms with Gasteiger partial charge in [-0.3, -0.25) is 4.68 Å². The summed E-state index contributed by atoms with van der Waals surface area (Å²) in [5, 5.41) is 4.46. The van der Waals surface area contributed by atoms with Crippen LogP contribution in [0.2, 0.25) is 0 Å². The van der Waals surface area contributed by atoms with E-state index in [0.717, 1.165) is 10.0 Å². The monoisotopic (exact) mass is 413 g/mol. The Morgan fingerprint density at radius 2 is 1.79 bits per heavy atom. The summed E-state index contributed by atoms with van der Waals surface area (Å²) in [6.45, 7) is 5.75. The largest absolute Gasteiger partial charge is 0.379 e. The molecule has 0 unspecified atom stereocenters. The van der Waals surface area contributed by atoms with E-state index in [4.69, 9.17) is 4.74 Å². The van der Waals surface area contributed by atoms with Gasteiger partial charge in [-0.25, -0.2) is 8.42 Å². The van der Waals surface area contributed by atoms with E-state index >= 15 is 0 Å². The summed E-state index contributed by atoms with van der Waals surface area (Å²) in [6, 6.07) is 7.92. The molecule has 0 aliphatic carbocycles. The Labute approximate surface area is 150 Å². The second-order valence-electron chi connectivity index (χ2n) is 5.80. The fourth-order valence-corrected chi connectivity index (χ4v) is 4.93. The van der Waals surface area contributed by atoms with Crippen LogP contribution in [0.4, 0.5) is 0 Å². The highest BCUT2D eigenvalue weighted by Crippen LogP contribution is 2.25. The Morgan fingerprint density at radius 3 is 2.42 bits per heavy atom. The van der Waals surface area contributed by atoms with Crippen LogP contribution in [0.15, 0.2) is 33.6 Å². The third-order valence-corrected chi connectivity index (χ3v) is 6.81. The first-order valence-electron chi connectivity index (χ1n) is 7.76. The molecule has 1 aromatic heterocycles. The number of morpholine rings is 1. The first kappa shape index (κ1) is 17.6. The molecule has 0 radical (unpaired) electrons. The Kier molecular flexibility index (Phi) is 5.10. The van der Waals surface area contributed by atoms with Crippen LogP contribution in [-0.2, 0) is 21.3 Å². The molecule has 8 heteroatoms. The lowest BCUT2D eigenvalue weighted by Gasteiger charge is -2.26. The molecule has 0 amide bonds. The average molecular weight is 414 g/mol.